The van der Waals surface area contributed by atoms with Gasteiger partial charge in [0.2, 0.25) is 11.6 Å². The van der Waals surface area contributed by atoms with E-state index in [1.807, 2.05) is 0 Å². The number of hydrogen-bond acceptors (Lipinski definition) is 9. The third-order valence-corrected chi connectivity index (χ3v) is 5.60. The van der Waals surface area contributed by atoms with Gasteiger partial charge in [-0.15, -0.1) is 10.2 Å². The van der Waals surface area contributed by atoms with Crippen LogP contribution in [0.25, 0.3) is 11.6 Å². The Hall–Kier alpha value is -4.68. The molecule has 1 aliphatic rings. The molecule has 0 saturated carbocycles. The Morgan fingerprint density at radius 1 is 1.11 bits per heavy atom. The zero-order valence-corrected chi connectivity index (χ0v) is 18.5. The summed E-state index contributed by atoms with van der Waals surface area (Å²) >= 11 is 0. The van der Waals surface area contributed by atoms with E-state index in [0.29, 0.717) is 30.1 Å². The minimum atomic E-state index is -0.475. The molecular weight excluding hydrogens is 455 g/mol. The van der Waals surface area contributed by atoms with Gasteiger partial charge >= 0.3 is 0 Å². The number of nitrogens with one attached hydrogen (secondary N) is 3. The van der Waals surface area contributed by atoms with Crippen LogP contribution < -0.4 is 10.6 Å². The SMILES string of the molecule is Cc1cc(CNC(=O)c2cc(C(=O)N[C@@H]3CCc4nc(-c5nn[nH]n5)ncc43)ncn2)ccc1F. The standard InChI is InChI=1S/C22H19FN10O2/c1-11-6-12(2-3-14(11)23)8-25-21(34)17-7-18(27-10-26-17)22(35)29-16-5-4-15-13(16)9-24-19(28-15)20-30-32-33-31-20/h2-3,6-7,9-10,16H,4-5,8H2,1H3,(H,25,34)(H,29,35)(H,30,31,32,33)/t16-/m1/s1. The van der Waals surface area contributed by atoms with Gasteiger partial charge in [0.05, 0.1) is 6.04 Å². The summed E-state index contributed by atoms with van der Waals surface area (Å²) in [4.78, 5) is 42.1. The molecule has 176 valence electrons. The Kier molecular flexibility index (Phi) is 5.87. The van der Waals surface area contributed by atoms with Gasteiger partial charge < -0.3 is 10.6 Å². The van der Waals surface area contributed by atoms with Crippen molar-refractivity contribution in [3.05, 3.63) is 76.4 Å². The second kappa shape index (κ2) is 9.29. The first-order valence-corrected chi connectivity index (χ1v) is 10.7. The van der Waals surface area contributed by atoms with Crippen molar-refractivity contribution < 1.29 is 14.0 Å². The number of H-pyrrole nitrogens is 1. The van der Waals surface area contributed by atoms with Crippen molar-refractivity contribution in [2.45, 2.75) is 32.4 Å². The number of aromatic nitrogens is 8. The molecule has 0 unspecified atom stereocenters. The molecule has 13 heteroatoms. The molecule has 5 rings (SSSR count). The monoisotopic (exact) mass is 474 g/mol. The maximum Gasteiger partial charge on any atom is 0.270 e. The lowest BCUT2D eigenvalue weighted by molar-refractivity contribution is 0.0931. The summed E-state index contributed by atoms with van der Waals surface area (Å²) in [5.41, 5.74) is 2.93. The van der Waals surface area contributed by atoms with E-state index in [9.17, 15) is 14.0 Å². The zero-order chi connectivity index (χ0) is 24.4. The molecule has 1 atom stereocenters. The lowest BCUT2D eigenvalue weighted by atomic mass is 10.1. The van der Waals surface area contributed by atoms with Crippen LogP contribution in [-0.4, -0.2) is 52.4 Å². The van der Waals surface area contributed by atoms with Crippen LogP contribution in [0.15, 0.2) is 36.8 Å². The zero-order valence-electron chi connectivity index (χ0n) is 18.5. The topological polar surface area (TPSA) is 164 Å². The second-order valence-corrected chi connectivity index (χ2v) is 7.95. The van der Waals surface area contributed by atoms with E-state index in [1.54, 1.807) is 25.3 Å². The van der Waals surface area contributed by atoms with E-state index >= 15 is 0 Å². The predicted octanol–water partition coefficient (Wildman–Crippen LogP) is 1.24. The molecule has 0 radical (unpaired) electrons. The number of tetrazole rings is 1. The highest BCUT2D eigenvalue weighted by Crippen LogP contribution is 2.30. The minimum absolute atomic E-state index is 0.0453. The van der Waals surface area contributed by atoms with E-state index in [0.717, 1.165) is 23.1 Å². The van der Waals surface area contributed by atoms with Crippen LogP contribution in [0.4, 0.5) is 4.39 Å². The van der Waals surface area contributed by atoms with Gasteiger partial charge in [0, 0.05) is 30.1 Å². The highest BCUT2D eigenvalue weighted by atomic mass is 19.1. The van der Waals surface area contributed by atoms with E-state index < -0.39 is 11.8 Å². The van der Waals surface area contributed by atoms with Crippen molar-refractivity contribution in [1.29, 1.82) is 0 Å². The van der Waals surface area contributed by atoms with Gasteiger partial charge in [-0.3, -0.25) is 9.59 Å². The van der Waals surface area contributed by atoms with Gasteiger partial charge in [-0.25, -0.2) is 24.3 Å². The number of rotatable bonds is 6. The summed E-state index contributed by atoms with van der Waals surface area (Å²) in [6.45, 7) is 1.84. The predicted molar refractivity (Wildman–Crippen MR) is 118 cm³/mol. The van der Waals surface area contributed by atoms with E-state index in [1.165, 1.54) is 12.1 Å². The van der Waals surface area contributed by atoms with E-state index in [2.05, 4.69) is 51.2 Å². The molecule has 1 aliphatic carbocycles. The maximum atomic E-state index is 13.4. The Labute approximate surface area is 197 Å². The van der Waals surface area contributed by atoms with Gasteiger partial charge in [-0.1, -0.05) is 12.1 Å². The summed E-state index contributed by atoms with van der Waals surface area (Å²) in [7, 11) is 0. The number of benzene rings is 1. The van der Waals surface area contributed by atoms with Crippen molar-refractivity contribution in [3.8, 4) is 11.6 Å². The fourth-order valence-corrected chi connectivity index (χ4v) is 3.80. The number of carbonyl (C=O) groups excluding carboxylic acids is 2. The van der Waals surface area contributed by atoms with Gasteiger partial charge in [-0.05, 0) is 42.2 Å². The van der Waals surface area contributed by atoms with Crippen LogP contribution in [0.3, 0.4) is 0 Å². The first kappa shape index (κ1) is 22.1. The molecule has 1 aromatic carbocycles. The number of hydrogen-bond donors (Lipinski definition) is 3. The average Bonchev–Trinajstić information content (AvgIpc) is 3.55. The van der Waals surface area contributed by atoms with Gasteiger partial charge in [-0.2, -0.15) is 5.21 Å². The lowest BCUT2D eigenvalue weighted by Crippen LogP contribution is -2.29. The number of aryl methyl sites for hydroxylation is 2. The number of fused-ring (bicyclic) bond motifs is 1. The Bertz CT molecular complexity index is 1410. The van der Waals surface area contributed by atoms with Crippen molar-refractivity contribution in [3.63, 3.8) is 0 Å². The average molecular weight is 474 g/mol. The van der Waals surface area contributed by atoms with E-state index in [4.69, 9.17) is 0 Å². The third-order valence-electron chi connectivity index (χ3n) is 5.60. The summed E-state index contributed by atoms with van der Waals surface area (Å²) < 4.78 is 13.4. The van der Waals surface area contributed by atoms with Crippen LogP contribution in [-0.2, 0) is 13.0 Å². The minimum Gasteiger partial charge on any atom is -0.347 e. The third kappa shape index (κ3) is 4.69. The van der Waals surface area contributed by atoms with Gasteiger partial charge in [0.1, 0.15) is 23.5 Å². The van der Waals surface area contributed by atoms with Crippen LogP contribution in [0.1, 0.15) is 55.8 Å². The molecule has 2 amide bonds. The highest BCUT2D eigenvalue weighted by Gasteiger charge is 2.27. The van der Waals surface area contributed by atoms with Gasteiger partial charge in [0.25, 0.3) is 11.8 Å². The summed E-state index contributed by atoms with van der Waals surface area (Å²) in [5.74, 6) is -0.587. The van der Waals surface area contributed by atoms with Crippen molar-refractivity contribution in [2.75, 3.05) is 0 Å². The molecule has 0 aliphatic heterocycles. The second-order valence-electron chi connectivity index (χ2n) is 7.95. The first-order valence-electron chi connectivity index (χ1n) is 10.7. The summed E-state index contributed by atoms with van der Waals surface area (Å²) in [6.07, 6.45) is 4.09. The maximum absolute atomic E-state index is 13.4. The molecule has 4 aromatic rings. The van der Waals surface area contributed by atoms with Crippen LogP contribution >= 0.6 is 0 Å². The number of carbonyl (C=O) groups is 2. The molecule has 3 heterocycles. The molecular formula is C22H19FN10O2. The number of halogens is 1. The van der Waals surface area contributed by atoms with Gasteiger partial charge in [0.15, 0.2) is 0 Å². The number of aromatic amines is 1. The Morgan fingerprint density at radius 2 is 1.94 bits per heavy atom. The lowest BCUT2D eigenvalue weighted by Gasteiger charge is -2.13. The molecule has 0 spiro atoms. The molecule has 0 saturated heterocycles. The fourth-order valence-electron chi connectivity index (χ4n) is 3.80. The Balaban J connectivity index is 1.24. The van der Waals surface area contributed by atoms with E-state index in [-0.39, 0.29) is 29.8 Å². The molecule has 3 N–H and O–H groups in total. The van der Waals surface area contributed by atoms with Crippen LogP contribution in [0, 0.1) is 12.7 Å². The van der Waals surface area contributed by atoms with Crippen molar-refractivity contribution >= 4 is 11.8 Å². The molecule has 0 bridgehead atoms. The van der Waals surface area contributed by atoms with Crippen LogP contribution in [0.5, 0.6) is 0 Å². The first-order chi connectivity index (χ1) is 17.0. The molecule has 0 fully saturated rings. The molecule has 35 heavy (non-hydrogen) atoms. The van der Waals surface area contributed by atoms with Crippen molar-refractivity contribution in [2.24, 2.45) is 0 Å². The summed E-state index contributed by atoms with van der Waals surface area (Å²) in [6, 6.07) is 5.62. The Morgan fingerprint density at radius 3 is 2.71 bits per heavy atom. The molecule has 3 aromatic heterocycles. The van der Waals surface area contributed by atoms with Crippen LogP contribution in [0.2, 0.25) is 0 Å². The number of amides is 2. The quantitative estimate of drug-likeness (QED) is 0.373. The summed E-state index contributed by atoms with van der Waals surface area (Å²) in [5, 5.41) is 19.2. The van der Waals surface area contributed by atoms with Crippen molar-refractivity contribution in [1.82, 2.24) is 51.2 Å². The normalized spacial score (nSPS) is 14.4. The molecule has 12 nitrogen and oxygen atoms in total. The smallest absolute Gasteiger partial charge is 0.270 e. The number of nitrogens with zero attached hydrogens (tertiary/aromatic N) is 7. The highest BCUT2D eigenvalue weighted by molar-refractivity contribution is 5.97. The largest absolute Gasteiger partial charge is 0.347 e. The fraction of sp³-hybridized carbons (Fsp3) is 0.227.